The maximum absolute atomic E-state index is 12.0. The Balaban J connectivity index is 2.47. The first-order chi connectivity index (χ1) is 10.2. The summed E-state index contributed by atoms with van der Waals surface area (Å²) in [5.74, 6) is 0.687. The Kier molecular flexibility index (Phi) is 6.41. The van der Waals surface area contributed by atoms with Crippen LogP contribution in [0, 0.1) is 6.92 Å². The maximum atomic E-state index is 12.0. The molecule has 0 spiro atoms. The number of sulfone groups is 1. The van der Waals surface area contributed by atoms with Gasteiger partial charge < -0.3 is 10.6 Å². The van der Waals surface area contributed by atoms with Gasteiger partial charge in [0, 0.05) is 20.1 Å². The first-order valence-electron chi connectivity index (χ1n) is 7.38. The molecule has 124 valence electrons. The number of aliphatic imine (C=N–C) groups is 1. The third kappa shape index (κ3) is 5.67. The Morgan fingerprint density at radius 2 is 1.91 bits per heavy atom. The molecule has 0 fully saturated rings. The first-order valence-corrected chi connectivity index (χ1v) is 9.03. The highest BCUT2D eigenvalue weighted by Crippen LogP contribution is 2.15. The maximum Gasteiger partial charge on any atom is 0.191 e. The molecule has 0 aliphatic carbocycles. The van der Waals surface area contributed by atoms with Crippen molar-refractivity contribution in [1.29, 1.82) is 0 Å². The van der Waals surface area contributed by atoms with E-state index >= 15 is 0 Å². The van der Waals surface area contributed by atoms with Crippen molar-refractivity contribution >= 4 is 15.8 Å². The molecule has 0 radical (unpaired) electrons. The van der Waals surface area contributed by atoms with Crippen LogP contribution in [0.3, 0.4) is 0 Å². The van der Waals surface area contributed by atoms with E-state index in [0.29, 0.717) is 19.0 Å². The van der Waals surface area contributed by atoms with E-state index in [1.54, 1.807) is 27.8 Å². The van der Waals surface area contributed by atoms with Gasteiger partial charge in [-0.3, -0.25) is 4.99 Å². The van der Waals surface area contributed by atoms with E-state index in [1.165, 1.54) is 5.56 Å². The van der Waals surface area contributed by atoms with Crippen molar-refractivity contribution in [2.45, 2.75) is 39.0 Å². The van der Waals surface area contributed by atoms with Gasteiger partial charge >= 0.3 is 0 Å². The topological polar surface area (TPSA) is 70.6 Å². The highest BCUT2D eigenvalue weighted by molar-refractivity contribution is 7.92. The van der Waals surface area contributed by atoms with Crippen molar-refractivity contribution in [3.63, 3.8) is 0 Å². The zero-order chi connectivity index (χ0) is 16.8. The summed E-state index contributed by atoms with van der Waals surface area (Å²) in [4.78, 5) is 4.11. The lowest BCUT2D eigenvalue weighted by Crippen LogP contribution is -2.41. The number of hydrogen-bond acceptors (Lipinski definition) is 3. The van der Waals surface area contributed by atoms with Gasteiger partial charge in [0.05, 0.1) is 10.5 Å². The van der Waals surface area contributed by atoms with Gasteiger partial charge in [-0.05, 0) is 33.3 Å². The number of hydrogen-bond donors (Lipinski definition) is 2. The van der Waals surface area contributed by atoms with Crippen molar-refractivity contribution in [3.8, 4) is 0 Å². The second-order valence-electron chi connectivity index (χ2n) is 6.27. The van der Waals surface area contributed by atoms with Crippen molar-refractivity contribution in [2.75, 3.05) is 19.3 Å². The van der Waals surface area contributed by atoms with Gasteiger partial charge in [-0.25, -0.2) is 8.42 Å². The van der Waals surface area contributed by atoms with E-state index in [4.69, 9.17) is 0 Å². The SMILES string of the molecule is CN=C(NCCS(=O)(=O)C(C)(C)C)NCc1cccc(C)c1. The average Bonchev–Trinajstić information content (AvgIpc) is 2.41. The van der Waals surface area contributed by atoms with Gasteiger partial charge in [0.2, 0.25) is 0 Å². The van der Waals surface area contributed by atoms with Crippen LogP contribution >= 0.6 is 0 Å². The standard InChI is InChI=1S/C16H27N3O2S/c1-13-7-6-8-14(11-13)12-19-15(17-5)18-9-10-22(20,21)16(2,3)4/h6-8,11H,9-10,12H2,1-5H3,(H2,17,18,19). The van der Waals surface area contributed by atoms with Crippen LogP contribution in [-0.2, 0) is 16.4 Å². The number of nitrogens with zero attached hydrogens (tertiary/aromatic N) is 1. The lowest BCUT2D eigenvalue weighted by atomic mass is 10.1. The zero-order valence-corrected chi connectivity index (χ0v) is 14.9. The number of rotatable bonds is 5. The molecule has 0 amide bonds. The molecule has 0 aliphatic rings. The summed E-state index contributed by atoms with van der Waals surface area (Å²) >= 11 is 0. The van der Waals surface area contributed by atoms with Gasteiger partial charge in [0.1, 0.15) is 0 Å². The normalized spacial score (nSPS) is 13.0. The Labute approximate surface area is 134 Å². The summed E-state index contributed by atoms with van der Waals surface area (Å²) in [5, 5.41) is 6.22. The van der Waals surface area contributed by atoms with Crippen LogP contribution in [0.25, 0.3) is 0 Å². The smallest absolute Gasteiger partial charge is 0.191 e. The van der Waals surface area contributed by atoms with E-state index in [-0.39, 0.29) is 5.75 Å². The monoisotopic (exact) mass is 325 g/mol. The lowest BCUT2D eigenvalue weighted by Gasteiger charge is -2.19. The average molecular weight is 325 g/mol. The minimum absolute atomic E-state index is 0.0850. The van der Waals surface area contributed by atoms with Crippen LogP contribution in [0.1, 0.15) is 31.9 Å². The molecule has 2 N–H and O–H groups in total. The molecule has 0 bridgehead atoms. The Morgan fingerprint density at radius 1 is 1.23 bits per heavy atom. The fourth-order valence-electron chi connectivity index (χ4n) is 1.84. The molecule has 1 aromatic carbocycles. The molecule has 22 heavy (non-hydrogen) atoms. The quantitative estimate of drug-likeness (QED) is 0.640. The van der Waals surface area contributed by atoms with Gasteiger partial charge in [0.25, 0.3) is 0 Å². The van der Waals surface area contributed by atoms with Crippen LogP contribution in [0.2, 0.25) is 0 Å². The largest absolute Gasteiger partial charge is 0.355 e. The minimum atomic E-state index is -3.12. The van der Waals surface area contributed by atoms with Crippen LogP contribution in [0.5, 0.6) is 0 Å². The highest BCUT2D eigenvalue weighted by Gasteiger charge is 2.28. The molecule has 6 heteroatoms. The second kappa shape index (κ2) is 7.63. The number of benzene rings is 1. The summed E-state index contributed by atoms with van der Waals surface area (Å²) < 4.78 is 23.3. The predicted molar refractivity (Wildman–Crippen MR) is 92.9 cm³/mol. The van der Waals surface area contributed by atoms with E-state index in [1.807, 2.05) is 25.1 Å². The summed E-state index contributed by atoms with van der Waals surface area (Å²) in [6.07, 6.45) is 0. The van der Waals surface area contributed by atoms with Gasteiger partial charge in [-0.2, -0.15) is 0 Å². The molecular weight excluding hydrogens is 298 g/mol. The number of nitrogens with one attached hydrogen (secondary N) is 2. The zero-order valence-electron chi connectivity index (χ0n) is 14.1. The molecule has 0 saturated carbocycles. The lowest BCUT2D eigenvalue weighted by molar-refractivity contribution is 0.559. The molecule has 0 atom stereocenters. The first kappa shape index (κ1) is 18.5. The van der Waals surface area contributed by atoms with E-state index < -0.39 is 14.6 Å². The van der Waals surface area contributed by atoms with E-state index in [2.05, 4.69) is 21.7 Å². The van der Waals surface area contributed by atoms with E-state index in [0.717, 1.165) is 5.56 Å². The fraction of sp³-hybridized carbons (Fsp3) is 0.562. The molecule has 1 aromatic rings. The Bertz CT molecular complexity index is 617. The Hall–Kier alpha value is -1.56. The van der Waals surface area contributed by atoms with E-state index in [9.17, 15) is 8.42 Å². The molecule has 0 unspecified atom stereocenters. The second-order valence-corrected chi connectivity index (χ2v) is 9.14. The molecule has 0 aromatic heterocycles. The van der Waals surface area contributed by atoms with Crippen LogP contribution in [0.15, 0.2) is 29.3 Å². The fourth-order valence-corrected chi connectivity index (χ4v) is 2.82. The molecule has 5 nitrogen and oxygen atoms in total. The molecular formula is C16H27N3O2S. The molecule has 1 rings (SSSR count). The third-order valence-electron chi connectivity index (χ3n) is 3.36. The minimum Gasteiger partial charge on any atom is -0.355 e. The van der Waals surface area contributed by atoms with Gasteiger partial charge in [0.15, 0.2) is 15.8 Å². The summed E-state index contributed by atoms with van der Waals surface area (Å²) in [5.41, 5.74) is 2.36. The molecule has 0 saturated heterocycles. The predicted octanol–water partition coefficient (Wildman–Crippen LogP) is 1.87. The third-order valence-corrected chi connectivity index (χ3v) is 5.97. The van der Waals surface area contributed by atoms with Gasteiger partial charge in [-0.15, -0.1) is 0 Å². The van der Waals surface area contributed by atoms with Crippen LogP contribution < -0.4 is 10.6 Å². The van der Waals surface area contributed by atoms with Crippen molar-refractivity contribution in [1.82, 2.24) is 10.6 Å². The number of aryl methyl sites for hydroxylation is 1. The van der Waals surface area contributed by atoms with Crippen molar-refractivity contribution < 1.29 is 8.42 Å². The summed E-state index contributed by atoms with van der Waals surface area (Å²) in [7, 11) is -1.45. The Morgan fingerprint density at radius 3 is 2.45 bits per heavy atom. The van der Waals surface area contributed by atoms with Crippen LogP contribution in [0.4, 0.5) is 0 Å². The summed E-state index contributed by atoms with van der Waals surface area (Å²) in [6, 6.07) is 8.20. The molecule has 0 aliphatic heterocycles. The summed E-state index contributed by atoms with van der Waals surface area (Å²) in [6.45, 7) is 8.18. The van der Waals surface area contributed by atoms with Gasteiger partial charge in [-0.1, -0.05) is 29.8 Å². The van der Waals surface area contributed by atoms with Crippen molar-refractivity contribution in [2.24, 2.45) is 4.99 Å². The highest BCUT2D eigenvalue weighted by atomic mass is 32.2. The molecule has 0 heterocycles. The van der Waals surface area contributed by atoms with Crippen molar-refractivity contribution in [3.05, 3.63) is 35.4 Å². The number of guanidine groups is 1. The van der Waals surface area contributed by atoms with Crippen LogP contribution in [-0.4, -0.2) is 38.5 Å².